The van der Waals surface area contributed by atoms with Crippen LogP contribution in [0.15, 0.2) is 12.3 Å². The Kier molecular flexibility index (Phi) is 2.84. The largest absolute Gasteiger partial charge is 0.325 e. The average Bonchev–Trinajstić information content (AvgIpc) is 2.67. The van der Waals surface area contributed by atoms with Gasteiger partial charge in [0.15, 0.2) is 0 Å². The third-order valence-corrected chi connectivity index (χ3v) is 3.00. The van der Waals surface area contributed by atoms with E-state index in [0.29, 0.717) is 12.6 Å². The van der Waals surface area contributed by atoms with Crippen LogP contribution >= 0.6 is 0 Å². The topological polar surface area (TPSA) is 47.1 Å². The molecule has 0 aliphatic carbocycles. The van der Waals surface area contributed by atoms with Gasteiger partial charge in [0.25, 0.3) is 0 Å². The molecule has 2 N–H and O–H groups in total. The summed E-state index contributed by atoms with van der Waals surface area (Å²) in [5.41, 5.74) is 6.81. The van der Waals surface area contributed by atoms with Crippen molar-refractivity contribution in [3.8, 4) is 0 Å². The fourth-order valence-electron chi connectivity index (χ4n) is 2.07. The van der Waals surface area contributed by atoms with Crippen LogP contribution in [0.25, 0.3) is 0 Å². The summed E-state index contributed by atoms with van der Waals surface area (Å²) in [4.78, 5) is 2.36. The SMILES string of the molecule is CN1CCC(n2nccc2CN)CC1. The molecule has 4 nitrogen and oxygen atoms in total. The van der Waals surface area contributed by atoms with Crippen molar-refractivity contribution in [1.29, 1.82) is 0 Å². The molecule has 0 amide bonds. The molecule has 0 spiro atoms. The summed E-state index contributed by atoms with van der Waals surface area (Å²) in [5, 5.41) is 4.35. The normalized spacial score (nSPS) is 20.1. The Hall–Kier alpha value is -0.870. The highest BCUT2D eigenvalue weighted by Gasteiger charge is 2.19. The van der Waals surface area contributed by atoms with E-state index < -0.39 is 0 Å². The lowest BCUT2D eigenvalue weighted by atomic mass is 10.1. The first-order valence-corrected chi connectivity index (χ1v) is 5.22. The molecule has 1 aromatic heterocycles. The predicted molar refractivity (Wildman–Crippen MR) is 55.9 cm³/mol. The summed E-state index contributed by atoms with van der Waals surface area (Å²) in [6.07, 6.45) is 4.22. The lowest BCUT2D eigenvalue weighted by Gasteiger charge is -2.29. The number of likely N-dealkylation sites (tertiary alicyclic amines) is 1. The highest BCUT2D eigenvalue weighted by Crippen LogP contribution is 2.22. The molecule has 0 atom stereocenters. The maximum atomic E-state index is 5.66. The van der Waals surface area contributed by atoms with E-state index >= 15 is 0 Å². The summed E-state index contributed by atoms with van der Waals surface area (Å²) in [7, 11) is 2.17. The van der Waals surface area contributed by atoms with Gasteiger partial charge >= 0.3 is 0 Å². The van der Waals surface area contributed by atoms with Crippen LogP contribution < -0.4 is 5.73 Å². The van der Waals surface area contributed by atoms with Gasteiger partial charge in [0.2, 0.25) is 0 Å². The predicted octanol–water partition coefficient (Wildman–Crippen LogP) is 0.608. The first kappa shape index (κ1) is 9.68. The second kappa shape index (κ2) is 4.11. The first-order valence-electron chi connectivity index (χ1n) is 5.22. The maximum absolute atomic E-state index is 5.66. The molecule has 0 radical (unpaired) electrons. The van der Waals surface area contributed by atoms with Gasteiger partial charge in [0.05, 0.1) is 11.7 Å². The molecule has 78 valence electrons. The molecule has 14 heavy (non-hydrogen) atoms. The molecule has 1 saturated heterocycles. The molecule has 1 fully saturated rings. The minimum absolute atomic E-state index is 0.555. The second-order valence-electron chi connectivity index (χ2n) is 4.01. The van der Waals surface area contributed by atoms with Gasteiger partial charge in [-0.15, -0.1) is 0 Å². The molecule has 2 heterocycles. The Morgan fingerprint density at radius 2 is 2.21 bits per heavy atom. The zero-order chi connectivity index (χ0) is 9.97. The van der Waals surface area contributed by atoms with Crippen molar-refractivity contribution in [3.63, 3.8) is 0 Å². The molecule has 1 aliphatic heterocycles. The van der Waals surface area contributed by atoms with Crippen molar-refractivity contribution >= 4 is 0 Å². The van der Waals surface area contributed by atoms with Crippen LogP contribution in [-0.4, -0.2) is 34.8 Å². The maximum Gasteiger partial charge on any atom is 0.0547 e. The Bertz CT molecular complexity index is 286. The van der Waals surface area contributed by atoms with Crippen molar-refractivity contribution in [2.24, 2.45) is 5.73 Å². The minimum Gasteiger partial charge on any atom is -0.325 e. The number of piperidine rings is 1. The number of hydrogen-bond acceptors (Lipinski definition) is 3. The van der Waals surface area contributed by atoms with Crippen LogP contribution in [0.2, 0.25) is 0 Å². The van der Waals surface area contributed by atoms with Gasteiger partial charge in [-0.1, -0.05) is 0 Å². The van der Waals surface area contributed by atoms with Gasteiger partial charge in [-0.2, -0.15) is 5.10 Å². The fourth-order valence-corrected chi connectivity index (χ4v) is 2.07. The summed E-state index contributed by atoms with van der Waals surface area (Å²) < 4.78 is 2.10. The van der Waals surface area contributed by atoms with Crippen LogP contribution in [0, 0.1) is 0 Å². The van der Waals surface area contributed by atoms with Gasteiger partial charge in [0.1, 0.15) is 0 Å². The monoisotopic (exact) mass is 194 g/mol. The van der Waals surface area contributed by atoms with E-state index in [1.165, 1.54) is 12.8 Å². The molecule has 0 unspecified atom stereocenters. The number of nitrogens with two attached hydrogens (primary N) is 1. The van der Waals surface area contributed by atoms with E-state index in [1.54, 1.807) is 0 Å². The van der Waals surface area contributed by atoms with E-state index in [-0.39, 0.29) is 0 Å². The van der Waals surface area contributed by atoms with Gasteiger partial charge in [-0.3, -0.25) is 4.68 Å². The van der Waals surface area contributed by atoms with E-state index in [4.69, 9.17) is 5.73 Å². The minimum atomic E-state index is 0.555. The quantitative estimate of drug-likeness (QED) is 0.750. The molecule has 0 saturated carbocycles. The Balaban J connectivity index is 2.08. The molecule has 4 heteroatoms. The number of nitrogens with zero attached hydrogens (tertiary/aromatic N) is 3. The molecular formula is C10H18N4. The molecule has 2 rings (SSSR count). The number of hydrogen-bond donors (Lipinski definition) is 1. The summed E-state index contributed by atoms with van der Waals surface area (Å²) in [5.74, 6) is 0. The van der Waals surface area contributed by atoms with E-state index in [0.717, 1.165) is 18.8 Å². The van der Waals surface area contributed by atoms with Crippen molar-refractivity contribution in [2.45, 2.75) is 25.4 Å². The summed E-state index contributed by atoms with van der Waals surface area (Å²) >= 11 is 0. The summed E-state index contributed by atoms with van der Waals surface area (Å²) in [6.45, 7) is 2.91. The van der Waals surface area contributed by atoms with Gasteiger partial charge in [-0.05, 0) is 39.0 Å². The van der Waals surface area contributed by atoms with Gasteiger partial charge in [-0.25, -0.2) is 0 Å². The van der Waals surface area contributed by atoms with Gasteiger partial charge < -0.3 is 10.6 Å². The second-order valence-corrected chi connectivity index (χ2v) is 4.01. The van der Waals surface area contributed by atoms with E-state index in [9.17, 15) is 0 Å². The van der Waals surface area contributed by atoms with Crippen molar-refractivity contribution < 1.29 is 0 Å². The molecule has 0 aromatic carbocycles. The summed E-state index contributed by atoms with van der Waals surface area (Å²) in [6, 6.07) is 2.57. The Morgan fingerprint density at radius 3 is 2.86 bits per heavy atom. The van der Waals surface area contributed by atoms with Gasteiger partial charge in [0, 0.05) is 12.7 Å². The highest BCUT2D eigenvalue weighted by atomic mass is 15.3. The van der Waals surface area contributed by atoms with Crippen LogP contribution in [0.4, 0.5) is 0 Å². The molecule has 1 aromatic rings. The first-order chi connectivity index (χ1) is 6.81. The Morgan fingerprint density at radius 1 is 1.50 bits per heavy atom. The number of aromatic nitrogens is 2. The third kappa shape index (κ3) is 1.81. The smallest absolute Gasteiger partial charge is 0.0547 e. The lowest BCUT2D eigenvalue weighted by Crippen LogP contribution is -2.32. The van der Waals surface area contributed by atoms with Crippen molar-refractivity contribution in [1.82, 2.24) is 14.7 Å². The average molecular weight is 194 g/mol. The number of rotatable bonds is 2. The standard InChI is InChI=1S/C10H18N4/c1-13-6-3-9(4-7-13)14-10(8-11)2-5-12-14/h2,5,9H,3-4,6-8,11H2,1H3. The molecular weight excluding hydrogens is 176 g/mol. The lowest BCUT2D eigenvalue weighted by molar-refractivity contribution is 0.210. The van der Waals surface area contributed by atoms with Crippen molar-refractivity contribution in [2.75, 3.05) is 20.1 Å². The van der Waals surface area contributed by atoms with E-state index in [2.05, 4.69) is 21.7 Å². The van der Waals surface area contributed by atoms with Crippen LogP contribution in [0.1, 0.15) is 24.6 Å². The van der Waals surface area contributed by atoms with Crippen molar-refractivity contribution in [3.05, 3.63) is 18.0 Å². The third-order valence-electron chi connectivity index (χ3n) is 3.00. The Labute approximate surface area is 84.7 Å². The molecule has 0 bridgehead atoms. The van der Waals surface area contributed by atoms with Crippen LogP contribution in [-0.2, 0) is 6.54 Å². The molecule has 1 aliphatic rings. The van der Waals surface area contributed by atoms with E-state index in [1.807, 2.05) is 12.3 Å². The van der Waals surface area contributed by atoms with Crippen LogP contribution in [0.5, 0.6) is 0 Å². The zero-order valence-corrected chi connectivity index (χ0v) is 8.69. The highest BCUT2D eigenvalue weighted by molar-refractivity contribution is 5.01. The zero-order valence-electron chi connectivity index (χ0n) is 8.69. The van der Waals surface area contributed by atoms with Crippen LogP contribution in [0.3, 0.4) is 0 Å². The fraction of sp³-hybridized carbons (Fsp3) is 0.700.